The maximum Gasteiger partial charge on any atom is 0.271 e. The molecule has 0 aliphatic rings. The number of amides is 1. The average Bonchev–Trinajstić information content (AvgIpc) is 2.65. The van der Waals surface area contributed by atoms with Gasteiger partial charge in [0, 0.05) is 11.1 Å². The van der Waals surface area contributed by atoms with Crippen LogP contribution in [0.4, 0.5) is 0 Å². The van der Waals surface area contributed by atoms with E-state index in [1.807, 2.05) is 6.07 Å². The fourth-order valence-electron chi connectivity index (χ4n) is 2.07. The van der Waals surface area contributed by atoms with Gasteiger partial charge < -0.3 is 14.2 Å². The lowest BCUT2D eigenvalue weighted by molar-refractivity contribution is 0.0955. The molecule has 0 atom stereocenters. The molecule has 6 nitrogen and oxygen atoms in total. The van der Waals surface area contributed by atoms with Crippen LogP contribution in [0, 0.1) is 0 Å². The van der Waals surface area contributed by atoms with Crippen molar-refractivity contribution in [2.24, 2.45) is 5.10 Å². The first-order valence-electron chi connectivity index (χ1n) is 7.30. The minimum absolute atomic E-state index is 0.294. The quantitative estimate of drug-likeness (QED) is 0.654. The molecule has 0 spiro atoms. The Hall–Kier alpha value is -3.02. The number of nitrogens with zero attached hydrogens (tertiary/aromatic N) is 1. The van der Waals surface area contributed by atoms with Gasteiger partial charge in [0.1, 0.15) is 5.75 Å². The Labute approximate surface area is 141 Å². The van der Waals surface area contributed by atoms with Gasteiger partial charge in [-0.3, -0.25) is 4.79 Å². The van der Waals surface area contributed by atoms with E-state index in [-0.39, 0.29) is 5.91 Å². The molecule has 0 unspecified atom stereocenters. The maximum atomic E-state index is 12.1. The Morgan fingerprint density at radius 3 is 2.08 bits per heavy atom. The van der Waals surface area contributed by atoms with Gasteiger partial charge in [-0.15, -0.1) is 0 Å². The summed E-state index contributed by atoms with van der Waals surface area (Å²) in [7, 11) is 4.72. The standard InChI is InChI=1S/C18H20N2O4/c1-12(14-7-10-16(23-3)17(11-14)24-4)19-20-18(21)13-5-8-15(22-2)9-6-13/h5-11H,1-4H3,(H,20,21). The fraction of sp³-hybridized carbons (Fsp3) is 0.222. The molecule has 126 valence electrons. The summed E-state index contributed by atoms with van der Waals surface area (Å²) >= 11 is 0. The van der Waals surface area contributed by atoms with Gasteiger partial charge in [0.15, 0.2) is 11.5 Å². The van der Waals surface area contributed by atoms with Gasteiger partial charge in [-0.1, -0.05) is 0 Å². The van der Waals surface area contributed by atoms with E-state index < -0.39 is 0 Å². The Balaban J connectivity index is 2.11. The summed E-state index contributed by atoms with van der Waals surface area (Å²) in [5.41, 5.74) is 4.51. The molecular weight excluding hydrogens is 308 g/mol. The van der Waals surface area contributed by atoms with Gasteiger partial charge in [-0.25, -0.2) is 5.43 Å². The van der Waals surface area contributed by atoms with Crippen molar-refractivity contribution in [3.8, 4) is 17.2 Å². The van der Waals surface area contributed by atoms with Gasteiger partial charge >= 0.3 is 0 Å². The third kappa shape index (κ3) is 4.04. The highest BCUT2D eigenvalue weighted by atomic mass is 16.5. The van der Waals surface area contributed by atoms with E-state index >= 15 is 0 Å². The topological polar surface area (TPSA) is 69.2 Å². The number of carbonyl (C=O) groups excluding carboxylic acids is 1. The number of ether oxygens (including phenoxy) is 3. The monoisotopic (exact) mass is 328 g/mol. The molecule has 2 aromatic rings. The maximum absolute atomic E-state index is 12.1. The second-order valence-electron chi connectivity index (χ2n) is 4.94. The average molecular weight is 328 g/mol. The molecule has 6 heteroatoms. The molecule has 0 fully saturated rings. The van der Waals surface area contributed by atoms with Crippen LogP contribution in [0.1, 0.15) is 22.8 Å². The summed E-state index contributed by atoms with van der Waals surface area (Å²) in [5.74, 6) is 1.64. The predicted molar refractivity (Wildman–Crippen MR) is 92.2 cm³/mol. The summed E-state index contributed by atoms with van der Waals surface area (Å²) < 4.78 is 15.5. The van der Waals surface area contributed by atoms with Crippen LogP contribution in [0.25, 0.3) is 0 Å². The van der Waals surface area contributed by atoms with Crippen molar-refractivity contribution in [1.29, 1.82) is 0 Å². The third-order valence-electron chi connectivity index (χ3n) is 3.48. The van der Waals surface area contributed by atoms with Crippen molar-refractivity contribution in [3.05, 3.63) is 53.6 Å². The molecule has 0 bridgehead atoms. The normalized spacial score (nSPS) is 10.9. The van der Waals surface area contributed by atoms with Crippen molar-refractivity contribution in [3.63, 3.8) is 0 Å². The third-order valence-corrected chi connectivity index (χ3v) is 3.48. The predicted octanol–water partition coefficient (Wildman–Crippen LogP) is 2.87. The van der Waals surface area contributed by atoms with Crippen molar-refractivity contribution in [2.75, 3.05) is 21.3 Å². The second-order valence-corrected chi connectivity index (χ2v) is 4.94. The summed E-state index contributed by atoms with van der Waals surface area (Å²) in [5, 5.41) is 4.13. The molecule has 0 aliphatic carbocycles. The Morgan fingerprint density at radius 1 is 0.875 bits per heavy atom. The summed E-state index contributed by atoms with van der Waals surface area (Å²) in [4.78, 5) is 12.1. The molecule has 24 heavy (non-hydrogen) atoms. The van der Waals surface area contributed by atoms with Crippen molar-refractivity contribution in [1.82, 2.24) is 5.43 Å². The molecule has 1 N–H and O–H groups in total. The van der Waals surface area contributed by atoms with E-state index in [0.29, 0.717) is 28.5 Å². The lowest BCUT2D eigenvalue weighted by atomic mass is 10.1. The van der Waals surface area contributed by atoms with Crippen LogP contribution in [-0.4, -0.2) is 32.9 Å². The lowest BCUT2D eigenvalue weighted by Crippen LogP contribution is -2.19. The molecule has 0 saturated carbocycles. The number of hydrogen-bond donors (Lipinski definition) is 1. The first-order chi connectivity index (χ1) is 11.6. The SMILES string of the molecule is COc1ccc(C(=O)NN=C(C)c2ccc(OC)c(OC)c2)cc1. The molecule has 0 saturated heterocycles. The Bertz CT molecular complexity index is 739. The van der Waals surface area contributed by atoms with Crippen LogP contribution in [0.3, 0.4) is 0 Å². The summed E-state index contributed by atoms with van der Waals surface area (Å²) in [6, 6.07) is 12.2. The van der Waals surface area contributed by atoms with Crippen molar-refractivity contribution < 1.29 is 19.0 Å². The molecule has 0 radical (unpaired) electrons. The van der Waals surface area contributed by atoms with E-state index in [1.54, 1.807) is 64.7 Å². The van der Waals surface area contributed by atoms with E-state index in [0.717, 1.165) is 5.56 Å². The number of hydrogen-bond acceptors (Lipinski definition) is 5. The fourth-order valence-corrected chi connectivity index (χ4v) is 2.07. The molecular formula is C18H20N2O4. The van der Waals surface area contributed by atoms with Crippen LogP contribution in [-0.2, 0) is 0 Å². The molecule has 0 aliphatic heterocycles. The second kappa shape index (κ2) is 8.01. The van der Waals surface area contributed by atoms with Crippen LogP contribution in [0.5, 0.6) is 17.2 Å². The first-order valence-corrected chi connectivity index (χ1v) is 7.30. The largest absolute Gasteiger partial charge is 0.497 e. The smallest absolute Gasteiger partial charge is 0.271 e. The van der Waals surface area contributed by atoms with Crippen molar-refractivity contribution in [2.45, 2.75) is 6.92 Å². The van der Waals surface area contributed by atoms with Gasteiger partial charge in [0.05, 0.1) is 27.0 Å². The molecule has 2 aromatic carbocycles. The zero-order valence-electron chi connectivity index (χ0n) is 14.1. The van der Waals surface area contributed by atoms with Gasteiger partial charge in [-0.05, 0) is 49.4 Å². The number of nitrogens with one attached hydrogen (secondary N) is 1. The van der Waals surface area contributed by atoms with E-state index in [1.165, 1.54) is 0 Å². The summed E-state index contributed by atoms with van der Waals surface area (Å²) in [6.45, 7) is 1.80. The number of carbonyl (C=O) groups is 1. The zero-order chi connectivity index (χ0) is 17.5. The number of methoxy groups -OCH3 is 3. The highest BCUT2D eigenvalue weighted by Gasteiger charge is 2.08. The highest BCUT2D eigenvalue weighted by Crippen LogP contribution is 2.27. The minimum atomic E-state index is -0.294. The first kappa shape index (κ1) is 17.3. The van der Waals surface area contributed by atoms with Crippen LogP contribution in [0.2, 0.25) is 0 Å². The molecule has 2 rings (SSSR count). The molecule has 0 heterocycles. The van der Waals surface area contributed by atoms with Crippen LogP contribution < -0.4 is 19.6 Å². The van der Waals surface area contributed by atoms with Gasteiger partial charge in [0.2, 0.25) is 0 Å². The lowest BCUT2D eigenvalue weighted by Gasteiger charge is -2.09. The Kier molecular flexibility index (Phi) is 5.78. The number of benzene rings is 2. The molecule has 1 amide bonds. The van der Waals surface area contributed by atoms with E-state index in [4.69, 9.17) is 14.2 Å². The zero-order valence-corrected chi connectivity index (χ0v) is 14.1. The highest BCUT2D eigenvalue weighted by molar-refractivity contribution is 6.01. The Morgan fingerprint density at radius 2 is 1.50 bits per heavy atom. The van der Waals surface area contributed by atoms with Gasteiger partial charge in [-0.2, -0.15) is 5.10 Å². The summed E-state index contributed by atoms with van der Waals surface area (Å²) in [6.07, 6.45) is 0. The number of hydrazone groups is 1. The van der Waals surface area contributed by atoms with Gasteiger partial charge in [0.25, 0.3) is 5.91 Å². The van der Waals surface area contributed by atoms with E-state index in [2.05, 4.69) is 10.5 Å². The van der Waals surface area contributed by atoms with Crippen LogP contribution in [0.15, 0.2) is 47.6 Å². The molecule has 0 aromatic heterocycles. The van der Waals surface area contributed by atoms with Crippen molar-refractivity contribution >= 4 is 11.6 Å². The van der Waals surface area contributed by atoms with Crippen LogP contribution >= 0.6 is 0 Å². The van der Waals surface area contributed by atoms with E-state index in [9.17, 15) is 4.79 Å². The number of rotatable bonds is 6. The minimum Gasteiger partial charge on any atom is -0.497 e.